The number of likely N-dealkylation sites (tertiary alicyclic amines) is 1. The van der Waals surface area contributed by atoms with Gasteiger partial charge in [-0.25, -0.2) is 4.79 Å². The van der Waals surface area contributed by atoms with Crippen molar-refractivity contribution in [3.63, 3.8) is 0 Å². The van der Waals surface area contributed by atoms with Gasteiger partial charge in [-0.05, 0) is 19.3 Å². The number of methoxy groups -OCH3 is 1. The SMILES string of the molecule is COC(=O)NCC(=O)OC(C(=O)N1CCCCC1)c1ccccc1. The summed E-state index contributed by atoms with van der Waals surface area (Å²) in [7, 11) is 1.20. The molecular formula is C17H22N2O5. The second kappa shape index (κ2) is 8.90. The highest BCUT2D eigenvalue weighted by atomic mass is 16.6. The lowest BCUT2D eigenvalue weighted by Gasteiger charge is -2.30. The highest BCUT2D eigenvalue weighted by Crippen LogP contribution is 2.22. The van der Waals surface area contributed by atoms with Crippen LogP contribution in [0.5, 0.6) is 0 Å². The first-order chi connectivity index (χ1) is 11.6. The molecule has 2 rings (SSSR count). The Balaban J connectivity index is 2.07. The van der Waals surface area contributed by atoms with E-state index in [2.05, 4.69) is 10.1 Å². The van der Waals surface area contributed by atoms with Crippen LogP contribution in [0.1, 0.15) is 30.9 Å². The summed E-state index contributed by atoms with van der Waals surface area (Å²) in [5.41, 5.74) is 0.611. The van der Waals surface area contributed by atoms with Crippen LogP contribution in [0.3, 0.4) is 0 Å². The van der Waals surface area contributed by atoms with E-state index >= 15 is 0 Å². The molecule has 1 aliphatic heterocycles. The summed E-state index contributed by atoms with van der Waals surface area (Å²) in [6.07, 6.45) is 1.26. The Hall–Kier alpha value is -2.57. The van der Waals surface area contributed by atoms with Crippen molar-refractivity contribution in [3.05, 3.63) is 35.9 Å². The number of carbonyl (C=O) groups excluding carboxylic acids is 3. The molecule has 130 valence electrons. The van der Waals surface area contributed by atoms with Gasteiger partial charge in [-0.15, -0.1) is 0 Å². The van der Waals surface area contributed by atoms with E-state index in [0.29, 0.717) is 18.7 Å². The lowest BCUT2D eigenvalue weighted by molar-refractivity contribution is -0.160. The van der Waals surface area contributed by atoms with Crippen LogP contribution in [0, 0.1) is 0 Å². The van der Waals surface area contributed by atoms with Crippen LogP contribution >= 0.6 is 0 Å². The number of esters is 1. The van der Waals surface area contributed by atoms with Crippen molar-refractivity contribution in [2.75, 3.05) is 26.7 Å². The summed E-state index contributed by atoms with van der Waals surface area (Å²) in [5, 5.41) is 2.25. The third-order valence-electron chi connectivity index (χ3n) is 3.81. The maximum atomic E-state index is 12.8. The van der Waals surface area contributed by atoms with Crippen molar-refractivity contribution >= 4 is 18.0 Å². The van der Waals surface area contributed by atoms with Crippen LogP contribution in [0.4, 0.5) is 4.79 Å². The number of alkyl carbamates (subject to hydrolysis) is 1. The van der Waals surface area contributed by atoms with Crippen LogP contribution < -0.4 is 5.32 Å². The largest absolute Gasteiger partial charge is 0.453 e. The summed E-state index contributed by atoms with van der Waals surface area (Å²) >= 11 is 0. The van der Waals surface area contributed by atoms with Crippen LogP contribution in [-0.2, 0) is 19.1 Å². The summed E-state index contributed by atoms with van der Waals surface area (Å²) < 4.78 is 9.75. The van der Waals surface area contributed by atoms with Gasteiger partial charge in [0.15, 0.2) is 0 Å². The van der Waals surface area contributed by atoms with E-state index in [1.807, 2.05) is 6.07 Å². The number of nitrogens with one attached hydrogen (secondary N) is 1. The number of hydrogen-bond acceptors (Lipinski definition) is 5. The molecule has 0 radical (unpaired) electrons. The van der Waals surface area contributed by atoms with Gasteiger partial charge in [-0.1, -0.05) is 30.3 Å². The minimum absolute atomic E-state index is 0.229. The Bertz CT molecular complexity index is 570. The molecule has 0 aromatic heterocycles. The second-order valence-corrected chi connectivity index (χ2v) is 5.51. The summed E-state index contributed by atoms with van der Waals surface area (Å²) in [4.78, 5) is 37.5. The fraction of sp³-hybridized carbons (Fsp3) is 0.471. The highest BCUT2D eigenvalue weighted by molar-refractivity contribution is 5.86. The zero-order valence-corrected chi connectivity index (χ0v) is 13.7. The van der Waals surface area contributed by atoms with E-state index in [1.54, 1.807) is 29.2 Å². The third-order valence-corrected chi connectivity index (χ3v) is 3.81. The Labute approximate surface area is 140 Å². The van der Waals surface area contributed by atoms with E-state index in [0.717, 1.165) is 19.3 Å². The average Bonchev–Trinajstić information content (AvgIpc) is 2.65. The second-order valence-electron chi connectivity index (χ2n) is 5.51. The molecule has 0 spiro atoms. The van der Waals surface area contributed by atoms with E-state index in [9.17, 15) is 14.4 Å². The van der Waals surface area contributed by atoms with Crippen molar-refractivity contribution in [3.8, 4) is 0 Å². The molecule has 7 nitrogen and oxygen atoms in total. The number of benzene rings is 1. The zero-order valence-electron chi connectivity index (χ0n) is 13.7. The average molecular weight is 334 g/mol. The number of ether oxygens (including phenoxy) is 2. The minimum Gasteiger partial charge on any atom is -0.453 e. The van der Waals surface area contributed by atoms with Crippen molar-refractivity contribution in [2.45, 2.75) is 25.4 Å². The first-order valence-corrected chi connectivity index (χ1v) is 7.97. The lowest BCUT2D eigenvalue weighted by atomic mass is 10.1. The molecule has 1 unspecified atom stereocenters. The van der Waals surface area contributed by atoms with Crippen molar-refractivity contribution < 1.29 is 23.9 Å². The number of carbonyl (C=O) groups is 3. The van der Waals surface area contributed by atoms with Gasteiger partial charge in [-0.3, -0.25) is 9.59 Å². The maximum Gasteiger partial charge on any atom is 0.407 e. The Morgan fingerprint density at radius 1 is 1.12 bits per heavy atom. The molecule has 1 saturated heterocycles. The standard InChI is InChI=1S/C17H22N2O5/c1-23-17(22)18-12-14(20)24-15(13-8-4-2-5-9-13)16(21)19-10-6-3-7-11-19/h2,4-5,8-9,15H,3,6-7,10-12H2,1H3,(H,18,22). The lowest BCUT2D eigenvalue weighted by Crippen LogP contribution is -2.41. The minimum atomic E-state index is -1.00. The predicted molar refractivity (Wildman–Crippen MR) is 86.1 cm³/mol. The molecule has 1 N–H and O–H groups in total. The molecule has 0 saturated carbocycles. The number of amides is 2. The molecule has 7 heteroatoms. The third kappa shape index (κ3) is 4.97. The summed E-state index contributed by atoms with van der Waals surface area (Å²) in [6.45, 7) is 0.976. The van der Waals surface area contributed by atoms with Gasteiger partial charge in [-0.2, -0.15) is 0 Å². The van der Waals surface area contributed by atoms with Gasteiger partial charge in [0.2, 0.25) is 6.10 Å². The quantitative estimate of drug-likeness (QED) is 0.828. The van der Waals surface area contributed by atoms with Crippen LogP contribution in [0.15, 0.2) is 30.3 Å². The fourth-order valence-electron chi connectivity index (χ4n) is 2.56. The molecule has 1 fully saturated rings. The maximum absolute atomic E-state index is 12.8. The van der Waals surface area contributed by atoms with E-state index in [1.165, 1.54) is 7.11 Å². The number of hydrogen-bond donors (Lipinski definition) is 1. The molecule has 1 atom stereocenters. The van der Waals surface area contributed by atoms with Crippen molar-refractivity contribution in [1.82, 2.24) is 10.2 Å². The summed E-state index contributed by atoms with van der Waals surface area (Å²) in [6, 6.07) is 8.88. The Morgan fingerprint density at radius 3 is 2.42 bits per heavy atom. The molecule has 24 heavy (non-hydrogen) atoms. The zero-order chi connectivity index (χ0) is 17.4. The van der Waals surface area contributed by atoms with Crippen molar-refractivity contribution in [1.29, 1.82) is 0 Å². The molecule has 1 aliphatic rings. The molecule has 0 bridgehead atoms. The first-order valence-electron chi connectivity index (χ1n) is 7.97. The van der Waals surface area contributed by atoms with E-state index in [-0.39, 0.29) is 12.5 Å². The first kappa shape index (κ1) is 17.8. The van der Waals surface area contributed by atoms with Gasteiger partial charge in [0.1, 0.15) is 6.54 Å². The molecule has 1 heterocycles. The molecule has 1 aromatic rings. The predicted octanol–water partition coefficient (Wildman–Crippen LogP) is 1.64. The van der Waals surface area contributed by atoms with E-state index in [4.69, 9.17) is 4.74 Å². The summed E-state index contributed by atoms with van der Waals surface area (Å²) in [5.74, 6) is -0.924. The fourth-order valence-corrected chi connectivity index (χ4v) is 2.56. The van der Waals surface area contributed by atoms with Gasteiger partial charge in [0, 0.05) is 18.7 Å². The number of rotatable bonds is 5. The molecule has 0 aliphatic carbocycles. The van der Waals surface area contributed by atoms with Gasteiger partial charge in [0.25, 0.3) is 5.91 Å². The monoisotopic (exact) mass is 334 g/mol. The smallest absolute Gasteiger partial charge is 0.407 e. The Morgan fingerprint density at radius 2 is 1.79 bits per heavy atom. The van der Waals surface area contributed by atoms with Crippen LogP contribution in [0.25, 0.3) is 0 Å². The van der Waals surface area contributed by atoms with Gasteiger partial charge in [0.05, 0.1) is 7.11 Å². The van der Waals surface area contributed by atoms with E-state index < -0.39 is 18.2 Å². The van der Waals surface area contributed by atoms with Crippen LogP contribution in [-0.4, -0.2) is 49.6 Å². The highest BCUT2D eigenvalue weighted by Gasteiger charge is 2.30. The van der Waals surface area contributed by atoms with Gasteiger partial charge >= 0.3 is 12.1 Å². The van der Waals surface area contributed by atoms with Gasteiger partial charge < -0.3 is 19.7 Å². The molecule has 1 aromatic carbocycles. The van der Waals surface area contributed by atoms with Crippen LogP contribution in [0.2, 0.25) is 0 Å². The van der Waals surface area contributed by atoms with Crippen molar-refractivity contribution in [2.24, 2.45) is 0 Å². The topological polar surface area (TPSA) is 84.9 Å². The normalized spacial score (nSPS) is 15.3. The molecule has 2 amide bonds. The number of piperidine rings is 1. The number of nitrogens with zero attached hydrogens (tertiary/aromatic N) is 1. The molecular weight excluding hydrogens is 312 g/mol. The Kier molecular flexibility index (Phi) is 6.60.